The second-order valence-electron chi connectivity index (χ2n) is 6.48. The molecule has 138 valence electrons. The van der Waals surface area contributed by atoms with Crippen molar-refractivity contribution in [3.63, 3.8) is 0 Å². The van der Waals surface area contributed by atoms with Crippen molar-refractivity contribution in [2.24, 2.45) is 0 Å². The second-order valence-corrected chi connectivity index (χ2v) is 6.48. The summed E-state index contributed by atoms with van der Waals surface area (Å²) in [5, 5.41) is 2.95. The van der Waals surface area contributed by atoms with Gasteiger partial charge in [-0.3, -0.25) is 9.69 Å². The normalized spacial score (nSPS) is 10.6. The molecule has 0 aliphatic carbocycles. The molecule has 0 spiro atoms. The monoisotopic (exact) mass is 360 g/mol. The van der Waals surface area contributed by atoms with Gasteiger partial charge in [-0.25, -0.2) is 0 Å². The SMILES string of the molecule is COc1ccccc1CN(C)CC(=O)Nc1ccc(-c2ccccc2)cc1. The van der Waals surface area contributed by atoms with E-state index in [2.05, 4.69) is 17.4 Å². The molecule has 3 rings (SSSR count). The van der Waals surface area contributed by atoms with Crippen LogP contribution in [0.5, 0.6) is 5.75 Å². The van der Waals surface area contributed by atoms with Gasteiger partial charge < -0.3 is 10.1 Å². The number of nitrogens with zero attached hydrogens (tertiary/aromatic N) is 1. The minimum atomic E-state index is -0.0418. The Bertz CT molecular complexity index is 876. The third kappa shape index (κ3) is 5.19. The third-order valence-electron chi connectivity index (χ3n) is 4.32. The zero-order valence-corrected chi connectivity index (χ0v) is 15.7. The highest BCUT2D eigenvalue weighted by molar-refractivity contribution is 5.92. The van der Waals surface area contributed by atoms with Crippen molar-refractivity contribution in [1.29, 1.82) is 0 Å². The van der Waals surface area contributed by atoms with Gasteiger partial charge in [0.25, 0.3) is 0 Å². The molecule has 0 saturated heterocycles. The molecule has 4 heteroatoms. The fraction of sp³-hybridized carbons (Fsp3) is 0.174. The van der Waals surface area contributed by atoms with Crippen molar-refractivity contribution < 1.29 is 9.53 Å². The van der Waals surface area contributed by atoms with Crippen molar-refractivity contribution >= 4 is 11.6 Å². The molecule has 0 aliphatic rings. The number of ether oxygens (including phenoxy) is 1. The number of likely N-dealkylation sites (N-methyl/N-ethyl adjacent to an activating group) is 1. The van der Waals surface area contributed by atoms with Crippen LogP contribution in [0, 0.1) is 0 Å². The molecule has 1 amide bonds. The summed E-state index contributed by atoms with van der Waals surface area (Å²) in [4.78, 5) is 14.3. The van der Waals surface area contributed by atoms with Gasteiger partial charge >= 0.3 is 0 Å². The number of carbonyl (C=O) groups excluding carboxylic acids is 1. The van der Waals surface area contributed by atoms with E-state index in [4.69, 9.17) is 4.74 Å². The average molecular weight is 360 g/mol. The number of anilines is 1. The van der Waals surface area contributed by atoms with Gasteiger partial charge in [0, 0.05) is 17.8 Å². The predicted molar refractivity (Wildman–Crippen MR) is 110 cm³/mol. The lowest BCUT2D eigenvalue weighted by Gasteiger charge is -2.18. The van der Waals surface area contributed by atoms with Crippen LogP contribution in [-0.2, 0) is 11.3 Å². The topological polar surface area (TPSA) is 41.6 Å². The molecule has 27 heavy (non-hydrogen) atoms. The molecule has 1 N–H and O–H groups in total. The molecule has 0 atom stereocenters. The van der Waals surface area contributed by atoms with Crippen LogP contribution in [0.2, 0.25) is 0 Å². The van der Waals surface area contributed by atoms with Crippen LogP contribution in [0.15, 0.2) is 78.9 Å². The lowest BCUT2D eigenvalue weighted by atomic mass is 10.1. The van der Waals surface area contributed by atoms with E-state index in [0.29, 0.717) is 13.1 Å². The van der Waals surface area contributed by atoms with E-state index < -0.39 is 0 Å². The Balaban J connectivity index is 1.56. The number of benzene rings is 3. The molecule has 4 nitrogen and oxygen atoms in total. The van der Waals surface area contributed by atoms with Crippen LogP contribution in [0.3, 0.4) is 0 Å². The number of hydrogen-bond donors (Lipinski definition) is 1. The number of rotatable bonds is 7. The summed E-state index contributed by atoms with van der Waals surface area (Å²) >= 11 is 0. The van der Waals surface area contributed by atoms with Crippen LogP contribution >= 0.6 is 0 Å². The van der Waals surface area contributed by atoms with E-state index in [1.54, 1.807) is 7.11 Å². The molecule has 0 fully saturated rings. The van der Waals surface area contributed by atoms with Crippen molar-refractivity contribution in [3.05, 3.63) is 84.4 Å². The average Bonchev–Trinajstić information content (AvgIpc) is 2.69. The Labute approximate surface area is 160 Å². The summed E-state index contributed by atoms with van der Waals surface area (Å²) in [6, 6.07) is 25.9. The smallest absolute Gasteiger partial charge is 0.238 e. The van der Waals surface area contributed by atoms with Gasteiger partial charge in [-0.1, -0.05) is 60.7 Å². The van der Waals surface area contributed by atoms with E-state index in [9.17, 15) is 4.79 Å². The van der Waals surface area contributed by atoms with Crippen LogP contribution in [0.1, 0.15) is 5.56 Å². The second kappa shape index (κ2) is 9.01. The Hall–Kier alpha value is -3.11. The zero-order chi connectivity index (χ0) is 19.1. The highest BCUT2D eigenvalue weighted by Crippen LogP contribution is 2.21. The van der Waals surface area contributed by atoms with Gasteiger partial charge in [0.15, 0.2) is 0 Å². The highest BCUT2D eigenvalue weighted by atomic mass is 16.5. The number of nitrogens with one attached hydrogen (secondary N) is 1. The van der Waals surface area contributed by atoms with Crippen LogP contribution in [0.25, 0.3) is 11.1 Å². The largest absolute Gasteiger partial charge is 0.496 e. The fourth-order valence-electron chi connectivity index (χ4n) is 3.00. The Morgan fingerprint density at radius 3 is 2.22 bits per heavy atom. The van der Waals surface area contributed by atoms with Crippen molar-refractivity contribution in [3.8, 4) is 16.9 Å². The van der Waals surface area contributed by atoms with Gasteiger partial charge in [-0.2, -0.15) is 0 Å². The van der Waals surface area contributed by atoms with Gasteiger partial charge in [0.1, 0.15) is 5.75 Å². The minimum absolute atomic E-state index is 0.0418. The van der Waals surface area contributed by atoms with Gasteiger partial charge in [0.2, 0.25) is 5.91 Å². The molecule has 3 aromatic rings. The first-order valence-electron chi connectivity index (χ1n) is 8.91. The first-order chi connectivity index (χ1) is 13.2. The fourth-order valence-corrected chi connectivity index (χ4v) is 3.00. The number of methoxy groups -OCH3 is 1. The number of amides is 1. The summed E-state index contributed by atoms with van der Waals surface area (Å²) in [6.45, 7) is 0.947. The number of para-hydroxylation sites is 1. The molecular weight excluding hydrogens is 336 g/mol. The third-order valence-corrected chi connectivity index (χ3v) is 4.32. The van der Waals surface area contributed by atoms with E-state index >= 15 is 0 Å². The molecule has 0 saturated carbocycles. The standard InChI is InChI=1S/C23H24N2O2/c1-25(16-20-10-6-7-11-22(20)27-2)17-23(26)24-21-14-12-19(13-15-21)18-8-4-3-5-9-18/h3-15H,16-17H2,1-2H3,(H,24,26). The Kier molecular flexibility index (Phi) is 6.23. The lowest BCUT2D eigenvalue weighted by molar-refractivity contribution is -0.117. The molecule has 3 aromatic carbocycles. The molecule has 0 bridgehead atoms. The van der Waals surface area contributed by atoms with E-state index in [0.717, 1.165) is 28.1 Å². The van der Waals surface area contributed by atoms with Gasteiger partial charge in [0.05, 0.1) is 13.7 Å². The van der Waals surface area contributed by atoms with Gasteiger partial charge in [-0.15, -0.1) is 0 Å². The first-order valence-corrected chi connectivity index (χ1v) is 8.91. The summed E-state index contributed by atoms with van der Waals surface area (Å²) < 4.78 is 5.37. The Morgan fingerprint density at radius 2 is 1.52 bits per heavy atom. The maximum absolute atomic E-state index is 12.3. The summed E-state index contributed by atoms with van der Waals surface area (Å²) in [5.41, 5.74) is 4.14. The zero-order valence-electron chi connectivity index (χ0n) is 15.7. The van der Waals surface area contributed by atoms with Crippen molar-refractivity contribution in [2.45, 2.75) is 6.54 Å². The number of hydrogen-bond acceptors (Lipinski definition) is 3. The van der Waals surface area contributed by atoms with Crippen molar-refractivity contribution in [1.82, 2.24) is 4.90 Å². The molecule has 0 unspecified atom stereocenters. The Morgan fingerprint density at radius 1 is 0.889 bits per heavy atom. The van der Waals surface area contributed by atoms with E-state index in [1.165, 1.54) is 0 Å². The predicted octanol–water partition coefficient (Wildman–Crippen LogP) is 4.43. The molecular formula is C23H24N2O2. The molecule has 0 aromatic heterocycles. The summed E-state index contributed by atoms with van der Waals surface area (Å²) in [5.74, 6) is 0.793. The first kappa shape index (κ1) is 18.7. The number of carbonyl (C=O) groups is 1. The summed E-state index contributed by atoms with van der Waals surface area (Å²) in [7, 11) is 3.58. The summed E-state index contributed by atoms with van der Waals surface area (Å²) in [6.07, 6.45) is 0. The molecule has 0 heterocycles. The molecule has 0 radical (unpaired) electrons. The quantitative estimate of drug-likeness (QED) is 0.678. The van der Waals surface area contributed by atoms with Crippen LogP contribution < -0.4 is 10.1 Å². The minimum Gasteiger partial charge on any atom is -0.496 e. The maximum atomic E-state index is 12.3. The highest BCUT2D eigenvalue weighted by Gasteiger charge is 2.10. The van der Waals surface area contributed by atoms with Crippen LogP contribution in [0.4, 0.5) is 5.69 Å². The van der Waals surface area contributed by atoms with Crippen molar-refractivity contribution in [2.75, 3.05) is 26.0 Å². The van der Waals surface area contributed by atoms with Gasteiger partial charge in [-0.05, 0) is 36.4 Å². The van der Waals surface area contributed by atoms with E-state index in [-0.39, 0.29) is 5.91 Å². The van der Waals surface area contributed by atoms with Crippen LogP contribution in [-0.4, -0.2) is 31.5 Å². The maximum Gasteiger partial charge on any atom is 0.238 e. The molecule has 0 aliphatic heterocycles. The lowest BCUT2D eigenvalue weighted by Crippen LogP contribution is -2.29. The van der Waals surface area contributed by atoms with E-state index in [1.807, 2.05) is 78.7 Å².